The molecule has 4 nitrogen and oxygen atoms in total. The summed E-state index contributed by atoms with van der Waals surface area (Å²) in [6.07, 6.45) is -2.01. The molecule has 0 saturated heterocycles. The van der Waals surface area contributed by atoms with Crippen molar-refractivity contribution in [2.45, 2.75) is 12.7 Å². The third kappa shape index (κ3) is 4.13. The molecular formula is C20H16F3NO3. The molecule has 1 aromatic heterocycles. The van der Waals surface area contributed by atoms with Crippen LogP contribution in [0.15, 0.2) is 54.6 Å². The SMILES string of the molecule is COc1ccc2c(c1)cc(/C=C/C(=O)O)n2Cc1cccc(C(F)(F)F)c1. The third-order valence-corrected chi connectivity index (χ3v) is 4.13. The molecular weight excluding hydrogens is 359 g/mol. The van der Waals surface area contributed by atoms with E-state index < -0.39 is 17.7 Å². The Morgan fingerprint density at radius 2 is 1.96 bits per heavy atom. The van der Waals surface area contributed by atoms with Crippen LogP contribution in [0.1, 0.15) is 16.8 Å². The Balaban J connectivity index is 2.09. The van der Waals surface area contributed by atoms with E-state index >= 15 is 0 Å². The van der Waals surface area contributed by atoms with Crippen LogP contribution in [0.5, 0.6) is 5.75 Å². The van der Waals surface area contributed by atoms with Gasteiger partial charge in [-0.1, -0.05) is 12.1 Å². The Labute approximate surface area is 153 Å². The van der Waals surface area contributed by atoms with Crippen LogP contribution >= 0.6 is 0 Å². The minimum Gasteiger partial charge on any atom is -0.497 e. The minimum atomic E-state index is -4.42. The molecule has 0 aliphatic rings. The number of ether oxygens (including phenoxy) is 1. The molecule has 27 heavy (non-hydrogen) atoms. The zero-order valence-corrected chi connectivity index (χ0v) is 14.3. The van der Waals surface area contributed by atoms with E-state index in [0.29, 0.717) is 17.0 Å². The first kappa shape index (κ1) is 18.6. The van der Waals surface area contributed by atoms with E-state index in [2.05, 4.69) is 0 Å². The maximum Gasteiger partial charge on any atom is 0.416 e. The summed E-state index contributed by atoms with van der Waals surface area (Å²) in [5, 5.41) is 9.69. The summed E-state index contributed by atoms with van der Waals surface area (Å²) in [7, 11) is 1.53. The fourth-order valence-corrected chi connectivity index (χ4v) is 2.90. The number of fused-ring (bicyclic) bond motifs is 1. The van der Waals surface area contributed by atoms with E-state index in [0.717, 1.165) is 29.1 Å². The molecule has 0 aliphatic carbocycles. The van der Waals surface area contributed by atoms with Crippen molar-refractivity contribution in [3.63, 3.8) is 0 Å². The summed E-state index contributed by atoms with van der Waals surface area (Å²) in [6, 6.07) is 12.2. The quantitative estimate of drug-likeness (QED) is 0.651. The van der Waals surface area contributed by atoms with E-state index in [1.54, 1.807) is 34.9 Å². The van der Waals surface area contributed by atoms with Gasteiger partial charge in [-0.15, -0.1) is 0 Å². The molecule has 3 aromatic rings. The number of benzene rings is 2. The van der Waals surface area contributed by atoms with Gasteiger partial charge in [-0.2, -0.15) is 13.2 Å². The molecule has 3 rings (SSSR count). The van der Waals surface area contributed by atoms with Crippen LogP contribution in [0, 0.1) is 0 Å². The number of carboxylic acids is 1. The van der Waals surface area contributed by atoms with E-state index in [1.807, 2.05) is 0 Å². The Kier molecular flexibility index (Phi) is 4.94. The van der Waals surface area contributed by atoms with Gasteiger partial charge in [-0.05, 0) is 48.0 Å². The summed E-state index contributed by atoms with van der Waals surface area (Å²) < 4.78 is 45.9. The molecule has 1 heterocycles. The van der Waals surface area contributed by atoms with Crippen molar-refractivity contribution < 1.29 is 27.8 Å². The lowest BCUT2D eigenvalue weighted by molar-refractivity contribution is -0.137. The van der Waals surface area contributed by atoms with Crippen molar-refractivity contribution in [1.29, 1.82) is 0 Å². The lowest BCUT2D eigenvalue weighted by Crippen LogP contribution is -2.07. The number of hydrogen-bond donors (Lipinski definition) is 1. The molecule has 0 bridgehead atoms. The smallest absolute Gasteiger partial charge is 0.416 e. The Bertz CT molecular complexity index is 1020. The van der Waals surface area contributed by atoms with Crippen LogP contribution in [0.25, 0.3) is 17.0 Å². The van der Waals surface area contributed by atoms with Gasteiger partial charge in [0, 0.05) is 29.2 Å². The molecule has 0 atom stereocenters. The predicted molar refractivity (Wildman–Crippen MR) is 95.7 cm³/mol. The lowest BCUT2D eigenvalue weighted by atomic mass is 10.1. The summed E-state index contributed by atoms with van der Waals surface area (Å²) in [4.78, 5) is 10.9. The van der Waals surface area contributed by atoms with Gasteiger partial charge in [0.2, 0.25) is 0 Å². The number of halogens is 3. The van der Waals surface area contributed by atoms with Crippen molar-refractivity contribution in [3.05, 3.63) is 71.4 Å². The molecule has 0 aliphatic heterocycles. The Morgan fingerprint density at radius 3 is 2.63 bits per heavy atom. The molecule has 2 aromatic carbocycles. The van der Waals surface area contributed by atoms with Crippen molar-refractivity contribution in [2.24, 2.45) is 0 Å². The van der Waals surface area contributed by atoms with Gasteiger partial charge in [0.1, 0.15) is 5.75 Å². The number of alkyl halides is 3. The minimum absolute atomic E-state index is 0.166. The second-order valence-electron chi connectivity index (χ2n) is 5.95. The number of rotatable bonds is 5. The van der Waals surface area contributed by atoms with Gasteiger partial charge in [0.25, 0.3) is 0 Å². The van der Waals surface area contributed by atoms with Gasteiger partial charge in [-0.25, -0.2) is 4.79 Å². The normalized spacial score (nSPS) is 12.0. The zero-order chi connectivity index (χ0) is 19.6. The largest absolute Gasteiger partial charge is 0.497 e. The highest BCUT2D eigenvalue weighted by atomic mass is 19.4. The number of carbonyl (C=O) groups is 1. The van der Waals surface area contributed by atoms with Crippen molar-refractivity contribution in [3.8, 4) is 5.75 Å². The van der Waals surface area contributed by atoms with Gasteiger partial charge in [0.05, 0.1) is 12.7 Å². The first-order valence-corrected chi connectivity index (χ1v) is 8.02. The number of aromatic nitrogens is 1. The molecule has 0 unspecified atom stereocenters. The van der Waals surface area contributed by atoms with E-state index in [1.165, 1.54) is 19.3 Å². The average molecular weight is 375 g/mol. The van der Waals surface area contributed by atoms with Crippen molar-refractivity contribution >= 4 is 22.9 Å². The van der Waals surface area contributed by atoms with Crippen molar-refractivity contribution in [1.82, 2.24) is 4.57 Å². The number of methoxy groups -OCH3 is 1. The molecule has 0 saturated carbocycles. The van der Waals surface area contributed by atoms with Gasteiger partial charge in [-0.3, -0.25) is 0 Å². The van der Waals surface area contributed by atoms with Gasteiger partial charge in [0.15, 0.2) is 0 Å². The molecule has 7 heteroatoms. The van der Waals surface area contributed by atoms with Crippen LogP contribution in [0.4, 0.5) is 13.2 Å². The second-order valence-corrected chi connectivity index (χ2v) is 5.95. The molecule has 1 N–H and O–H groups in total. The van der Waals surface area contributed by atoms with Gasteiger partial charge >= 0.3 is 12.1 Å². The lowest BCUT2D eigenvalue weighted by Gasteiger charge is -2.12. The van der Waals surface area contributed by atoms with Gasteiger partial charge < -0.3 is 14.4 Å². The number of aliphatic carboxylic acids is 1. The Morgan fingerprint density at radius 1 is 1.19 bits per heavy atom. The Hall–Kier alpha value is -3.22. The van der Waals surface area contributed by atoms with Crippen molar-refractivity contribution in [2.75, 3.05) is 7.11 Å². The van der Waals surface area contributed by atoms with Crippen LogP contribution in [-0.2, 0) is 17.5 Å². The van der Waals surface area contributed by atoms with E-state index in [4.69, 9.17) is 9.84 Å². The van der Waals surface area contributed by atoms with E-state index in [-0.39, 0.29) is 6.54 Å². The summed E-state index contributed by atoms with van der Waals surface area (Å²) in [5.74, 6) is -0.476. The highest BCUT2D eigenvalue weighted by Crippen LogP contribution is 2.31. The first-order valence-electron chi connectivity index (χ1n) is 8.02. The third-order valence-electron chi connectivity index (χ3n) is 4.13. The average Bonchev–Trinajstić information content (AvgIpc) is 2.96. The molecule has 0 fully saturated rings. The summed E-state index contributed by atoms with van der Waals surface area (Å²) in [6.45, 7) is 0.166. The molecule has 0 spiro atoms. The van der Waals surface area contributed by atoms with Crippen LogP contribution in [-0.4, -0.2) is 22.8 Å². The predicted octanol–water partition coefficient (Wildman–Crippen LogP) is 4.81. The standard InChI is InChI=1S/C20H16F3NO3/c1-27-17-6-7-18-14(11-17)10-16(5-8-19(25)26)24(18)12-13-3-2-4-15(9-13)20(21,22)23/h2-11H,12H2,1H3,(H,25,26)/b8-5+. The first-order chi connectivity index (χ1) is 12.8. The summed E-state index contributed by atoms with van der Waals surface area (Å²) >= 11 is 0. The maximum absolute atomic E-state index is 13.0. The number of hydrogen-bond acceptors (Lipinski definition) is 2. The highest BCUT2D eigenvalue weighted by molar-refractivity contribution is 5.89. The maximum atomic E-state index is 13.0. The fourth-order valence-electron chi connectivity index (χ4n) is 2.90. The number of nitrogens with zero attached hydrogens (tertiary/aromatic N) is 1. The second kappa shape index (κ2) is 7.19. The zero-order valence-electron chi connectivity index (χ0n) is 14.3. The molecule has 140 valence electrons. The van der Waals surface area contributed by atoms with Crippen LogP contribution in [0.2, 0.25) is 0 Å². The fraction of sp³-hybridized carbons (Fsp3) is 0.150. The summed E-state index contributed by atoms with van der Waals surface area (Å²) in [5.41, 5.74) is 1.07. The van der Waals surface area contributed by atoms with E-state index in [9.17, 15) is 18.0 Å². The topological polar surface area (TPSA) is 51.5 Å². The van der Waals surface area contributed by atoms with Crippen LogP contribution < -0.4 is 4.74 Å². The monoisotopic (exact) mass is 375 g/mol. The molecule has 0 amide bonds. The number of carboxylic acid groups (broad SMARTS) is 1. The highest BCUT2D eigenvalue weighted by Gasteiger charge is 2.30. The van der Waals surface area contributed by atoms with Crippen LogP contribution in [0.3, 0.4) is 0 Å². The molecule has 0 radical (unpaired) electrons.